The summed E-state index contributed by atoms with van der Waals surface area (Å²) in [4.78, 5) is 15.7. The average molecular weight is 405 g/mol. The van der Waals surface area contributed by atoms with E-state index in [2.05, 4.69) is 19.6 Å². The number of aryl methyl sites for hydroxylation is 1. The van der Waals surface area contributed by atoms with Crippen LogP contribution in [-0.4, -0.2) is 59.8 Å². The van der Waals surface area contributed by atoms with E-state index in [0.717, 1.165) is 37.8 Å². The molecule has 0 bridgehead atoms. The first-order valence-electron chi connectivity index (χ1n) is 9.80. The lowest BCUT2D eigenvalue weighted by Gasteiger charge is -2.19. The molecule has 1 saturated heterocycles. The van der Waals surface area contributed by atoms with Crippen LogP contribution in [0, 0.1) is 11.8 Å². The number of aromatic nitrogens is 3. The van der Waals surface area contributed by atoms with Crippen molar-refractivity contribution in [1.29, 1.82) is 0 Å². The van der Waals surface area contributed by atoms with Crippen LogP contribution < -0.4 is 10.5 Å². The molecule has 1 saturated carbocycles. The number of hydrogen-bond donors (Lipinski definition) is 1. The van der Waals surface area contributed by atoms with E-state index >= 15 is 0 Å². The summed E-state index contributed by atoms with van der Waals surface area (Å²) >= 11 is 0. The number of halogens is 2. The Morgan fingerprint density at radius 1 is 1.24 bits per heavy atom. The van der Waals surface area contributed by atoms with Gasteiger partial charge in [0.25, 0.3) is 0 Å². The summed E-state index contributed by atoms with van der Waals surface area (Å²) in [6.45, 7) is 2.83. The topological polar surface area (TPSA) is 86.4 Å². The van der Waals surface area contributed by atoms with Crippen molar-refractivity contribution in [2.24, 2.45) is 11.8 Å². The smallest absolute Gasteiger partial charge is 0.387 e. The van der Waals surface area contributed by atoms with Crippen LogP contribution in [0.1, 0.15) is 24.4 Å². The van der Waals surface area contributed by atoms with E-state index in [4.69, 9.17) is 15.5 Å². The summed E-state index contributed by atoms with van der Waals surface area (Å²) in [5.41, 5.74) is 7.91. The van der Waals surface area contributed by atoms with Gasteiger partial charge in [-0.2, -0.15) is 8.78 Å². The molecule has 2 aromatic heterocycles. The maximum Gasteiger partial charge on any atom is 0.387 e. The molecular formula is C20H25F2N5O2. The van der Waals surface area contributed by atoms with Crippen LogP contribution in [0.25, 0.3) is 11.3 Å². The van der Waals surface area contributed by atoms with Crippen LogP contribution >= 0.6 is 0 Å². The summed E-state index contributed by atoms with van der Waals surface area (Å²) in [6, 6.07) is 3.40. The molecule has 2 aliphatic rings. The molecule has 3 atom stereocenters. The van der Waals surface area contributed by atoms with Gasteiger partial charge in [-0.25, -0.2) is 15.0 Å². The van der Waals surface area contributed by atoms with Crippen molar-refractivity contribution < 1.29 is 18.3 Å². The van der Waals surface area contributed by atoms with E-state index in [0.29, 0.717) is 35.4 Å². The molecule has 3 heterocycles. The molecule has 2 aromatic rings. The monoisotopic (exact) mass is 405 g/mol. The fraction of sp³-hybridized carbons (Fsp3) is 0.550. The number of pyridine rings is 1. The summed E-state index contributed by atoms with van der Waals surface area (Å²) < 4.78 is 34.9. The van der Waals surface area contributed by atoms with Gasteiger partial charge in [0.15, 0.2) is 11.6 Å². The predicted octanol–water partition coefficient (Wildman–Crippen LogP) is 2.58. The number of hydrogen-bond acceptors (Lipinski definition) is 7. The minimum Gasteiger partial charge on any atom is -0.431 e. The fourth-order valence-corrected chi connectivity index (χ4v) is 4.24. The molecule has 2 fully saturated rings. The van der Waals surface area contributed by atoms with Gasteiger partial charge >= 0.3 is 6.61 Å². The van der Waals surface area contributed by atoms with Crippen LogP contribution in [-0.2, 0) is 11.2 Å². The first kappa shape index (κ1) is 19.9. The van der Waals surface area contributed by atoms with E-state index < -0.39 is 6.61 Å². The fourth-order valence-electron chi connectivity index (χ4n) is 4.24. The Kier molecular flexibility index (Phi) is 5.60. The van der Waals surface area contributed by atoms with Crippen molar-refractivity contribution in [2.75, 3.05) is 39.1 Å². The van der Waals surface area contributed by atoms with Gasteiger partial charge in [-0.3, -0.25) is 0 Å². The van der Waals surface area contributed by atoms with E-state index in [1.54, 1.807) is 7.11 Å². The maximum absolute atomic E-state index is 12.6. The zero-order chi connectivity index (χ0) is 20.5. The maximum atomic E-state index is 12.6. The first-order valence-corrected chi connectivity index (χ1v) is 9.80. The molecule has 0 radical (unpaired) electrons. The van der Waals surface area contributed by atoms with E-state index in [-0.39, 0.29) is 11.6 Å². The number of fused-ring (bicyclic) bond motifs is 1. The minimum atomic E-state index is -2.96. The van der Waals surface area contributed by atoms with Crippen molar-refractivity contribution in [3.8, 4) is 17.0 Å². The minimum absolute atomic E-state index is 0.0769. The number of rotatable bonds is 8. The first-order chi connectivity index (χ1) is 14.0. The predicted molar refractivity (Wildman–Crippen MR) is 104 cm³/mol. The van der Waals surface area contributed by atoms with E-state index in [9.17, 15) is 8.78 Å². The Morgan fingerprint density at radius 3 is 2.66 bits per heavy atom. The molecule has 7 nitrogen and oxygen atoms in total. The highest BCUT2D eigenvalue weighted by Crippen LogP contribution is 2.57. The molecule has 0 spiro atoms. The zero-order valence-electron chi connectivity index (χ0n) is 16.5. The van der Waals surface area contributed by atoms with Gasteiger partial charge in [0.1, 0.15) is 5.82 Å². The third-order valence-corrected chi connectivity index (χ3v) is 5.72. The van der Waals surface area contributed by atoms with Crippen molar-refractivity contribution in [3.63, 3.8) is 0 Å². The van der Waals surface area contributed by atoms with E-state index in [1.165, 1.54) is 12.3 Å². The molecule has 156 valence electrons. The van der Waals surface area contributed by atoms with Gasteiger partial charge in [0.05, 0.1) is 12.3 Å². The molecule has 29 heavy (non-hydrogen) atoms. The van der Waals surface area contributed by atoms with Gasteiger partial charge in [0.2, 0.25) is 0 Å². The lowest BCUT2D eigenvalue weighted by Crippen LogP contribution is -2.28. The molecule has 0 unspecified atom stereocenters. The number of ether oxygens (including phenoxy) is 2. The number of likely N-dealkylation sites (tertiary alicyclic amines) is 1. The second-order valence-electron chi connectivity index (χ2n) is 7.54. The SMILES string of the molecule is CCc1nc(-c2cnc(N)c(OC(F)F)c2)cc([C@H]2[C@@H]3CN(CCOC)C[C@@H]32)n1. The number of piperidine rings is 1. The van der Waals surface area contributed by atoms with Crippen LogP contribution in [0.5, 0.6) is 5.75 Å². The highest BCUT2D eigenvalue weighted by atomic mass is 19.3. The molecule has 0 aromatic carbocycles. The van der Waals surface area contributed by atoms with Crippen LogP contribution in [0.2, 0.25) is 0 Å². The summed E-state index contributed by atoms with van der Waals surface area (Å²) in [5.74, 6) is 2.12. The van der Waals surface area contributed by atoms with Crippen LogP contribution in [0.4, 0.5) is 14.6 Å². The number of nitrogens with two attached hydrogens (primary N) is 1. The number of alkyl halides is 2. The van der Waals surface area contributed by atoms with Crippen molar-refractivity contribution in [1.82, 2.24) is 19.9 Å². The second-order valence-corrected chi connectivity index (χ2v) is 7.54. The van der Waals surface area contributed by atoms with Gasteiger partial charge in [-0.05, 0) is 24.0 Å². The lowest BCUT2D eigenvalue weighted by atomic mass is 10.1. The standard InChI is InChI=1S/C20H25F2N5O2/c1-3-17-25-14(11-6-16(29-20(21)22)19(23)24-8-11)7-15(26-17)18-12-9-27(4-5-28-2)10-13(12)18/h6-8,12-13,18,20H,3-5,9-10H2,1-2H3,(H2,23,24)/t12-,13+,18+. The Bertz CT molecular complexity index is 870. The molecule has 0 amide bonds. The Morgan fingerprint density at radius 2 is 2.00 bits per heavy atom. The third-order valence-electron chi connectivity index (χ3n) is 5.72. The van der Waals surface area contributed by atoms with Crippen molar-refractivity contribution >= 4 is 5.82 Å². The zero-order valence-corrected chi connectivity index (χ0v) is 16.5. The number of nitrogens with zero attached hydrogens (tertiary/aromatic N) is 4. The van der Waals surface area contributed by atoms with Crippen molar-refractivity contribution in [2.45, 2.75) is 25.9 Å². The van der Waals surface area contributed by atoms with Gasteiger partial charge < -0.3 is 20.1 Å². The van der Waals surface area contributed by atoms with Gasteiger partial charge in [0, 0.05) is 56.5 Å². The van der Waals surface area contributed by atoms with Gasteiger partial charge in [-0.1, -0.05) is 6.92 Å². The van der Waals surface area contributed by atoms with Gasteiger partial charge in [-0.15, -0.1) is 0 Å². The number of methoxy groups -OCH3 is 1. The molecule has 4 rings (SSSR count). The van der Waals surface area contributed by atoms with Crippen LogP contribution in [0.15, 0.2) is 18.3 Å². The molecule has 9 heteroatoms. The number of nitrogen functional groups attached to an aromatic ring is 1. The molecule has 2 N–H and O–H groups in total. The van der Waals surface area contributed by atoms with Crippen LogP contribution in [0.3, 0.4) is 0 Å². The van der Waals surface area contributed by atoms with Crippen molar-refractivity contribution in [3.05, 3.63) is 29.8 Å². The normalized spacial score (nSPS) is 23.4. The van der Waals surface area contributed by atoms with E-state index in [1.807, 2.05) is 13.0 Å². The molecule has 1 aliphatic heterocycles. The second kappa shape index (κ2) is 8.16. The summed E-state index contributed by atoms with van der Waals surface area (Å²) in [5, 5.41) is 0. The Balaban J connectivity index is 1.56. The Labute approximate surface area is 168 Å². The number of anilines is 1. The quantitative estimate of drug-likeness (QED) is 0.722. The highest BCUT2D eigenvalue weighted by molar-refractivity contribution is 5.64. The molecular weight excluding hydrogens is 380 g/mol. The molecule has 1 aliphatic carbocycles. The summed E-state index contributed by atoms with van der Waals surface area (Å²) in [7, 11) is 1.72. The largest absolute Gasteiger partial charge is 0.431 e. The highest BCUT2D eigenvalue weighted by Gasteiger charge is 2.56. The lowest BCUT2D eigenvalue weighted by molar-refractivity contribution is -0.0494. The average Bonchev–Trinajstić information content (AvgIpc) is 3.22. The third kappa shape index (κ3) is 4.16. The summed E-state index contributed by atoms with van der Waals surface area (Å²) in [6.07, 6.45) is 2.21. The Hall–Kier alpha value is -2.39.